The first-order valence-corrected chi connectivity index (χ1v) is 8.81. The summed E-state index contributed by atoms with van der Waals surface area (Å²) < 4.78 is 5.07. The Kier molecular flexibility index (Phi) is 7.53. The number of ether oxygens (including phenoxy) is 1. The van der Waals surface area contributed by atoms with Gasteiger partial charge in [-0.3, -0.25) is 9.59 Å². The van der Waals surface area contributed by atoms with E-state index in [-0.39, 0.29) is 11.7 Å². The molecule has 1 aliphatic carbocycles. The van der Waals surface area contributed by atoms with E-state index < -0.39 is 0 Å². The average Bonchev–Trinajstić information content (AvgIpc) is 2.62. The minimum atomic E-state index is 0.0361. The topological polar surface area (TPSA) is 55.4 Å². The Labute approximate surface area is 144 Å². The largest absolute Gasteiger partial charge is 0.497 e. The fraction of sp³-hybridized carbons (Fsp3) is 0.500. The molecule has 130 valence electrons. The normalized spacial score (nSPS) is 14.0. The van der Waals surface area contributed by atoms with Gasteiger partial charge in [-0.1, -0.05) is 11.6 Å². The summed E-state index contributed by atoms with van der Waals surface area (Å²) in [6, 6.07) is 7.08. The van der Waals surface area contributed by atoms with Crippen molar-refractivity contribution in [2.75, 3.05) is 13.7 Å². The fourth-order valence-electron chi connectivity index (χ4n) is 2.91. The van der Waals surface area contributed by atoms with E-state index in [4.69, 9.17) is 4.74 Å². The van der Waals surface area contributed by atoms with Gasteiger partial charge in [0.15, 0.2) is 5.78 Å². The molecule has 0 radical (unpaired) electrons. The number of hydrogen-bond donors (Lipinski definition) is 1. The third-order valence-electron chi connectivity index (χ3n) is 4.37. The minimum absolute atomic E-state index is 0.0361. The zero-order valence-electron chi connectivity index (χ0n) is 14.5. The predicted octanol–water partition coefficient (Wildman–Crippen LogP) is 4.05. The highest BCUT2D eigenvalue weighted by atomic mass is 16.5. The second-order valence-corrected chi connectivity index (χ2v) is 6.21. The zero-order chi connectivity index (χ0) is 17.2. The van der Waals surface area contributed by atoms with Crippen LogP contribution < -0.4 is 10.1 Å². The van der Waals surface area contributed by atoms with Crippen LogP contribution in [0.2, 0.25) is 0 Å². The van der Waals surface area contributed by atoms with Gasteiger partial charge in [0.05, 0.1) is 7.11 Å². The lowest BCUT2D eigenvalue weighted by molar-refractivity contribution is -0.121. The first kappa shape index (κ1) is 18.2. The van der Waals surface area contributed by atoms with Crippen molar-refractivity contribution in [1.29, 1.82) is 0 Å². The molecule has 0 aromatic heterocycles. The monoisotopic (exact) mass is 329 g/mol. The highest BCUT2D eigenvalue weighted by Gasteiger charge is 2.09. The number of Topliss-reactive ketones (excluding diaryl/α,β-unsaturated/α-hetero) is 1. The van der Waals surface area contributed by atoms with Crippen LogP contribution in [0.5, 0.6) is 5.75 Å². The summed E-state index contributed by atoms with van der Waals surface area (Å²) >= 11 is 0. The van der Waals surface area contributed by atoms with Gasteiger partial charge in [0.25, 0.3) is 0 Å². The van der Waals surface area contributed by atoms with E-state index in [1.807, 2.05) is 0 Å². The van der Waals surface area contributed by atoms with Crippen LogP contribution in [0.4, 0.5) is 0 Å². The third kappa shape index (κ3) is 6.19. The van der Waals surface area contributed by atoms with Crippen molar-refractivity contribution in [3.8, 4) is 5.75 Å². The van der Waals surface area contributed by atoms with Crippen molar-refractivity contribution in [3.63, 3.8) is 0 Å². The summed E-state index contributed by atoms with van der Waals surface area (Å²) in [5.74, 6) is 0.839. The lowest BCUT2D eigenvalue weighted by atomic mass is 9.97. The lowest BCUT2D eigenvalue weighted by Crippen LogP contribution is -2.24. The van der Waals surface area contributed by atoms with E-state index in [1.54, 1.807) is 31.4 Å². The maximum Gasteiger partial charge on any atom is 0.220 e. The van der Waals surface area contributed by atoms with Gasteiger partial charge in [0, 0.05) is 24.9 Å². The SMILES string of the molecule is COc1ccc(C(=O)CCCC(=O)NCCC2=CCCCC2)cc1. The molecule has 0 saturated heterocycles. The van der Waals surface area contributed by atoms with Crippen molar-refractivity contribution in [1.82, 2.24) is 5.32 Å². The molecule has 0 heterocycles. The Bertz CT molecular complexity index is 575. The molecule has 1 aromatic rings. The molecule has 1 N–H and O–H groups in total. The second-order valence-electron chi connectivity index (χ2n) is 6.21. The Morgan fingerprint density at radius 1 is 1.12 bits per heavy atom. The highest BCUT2D eigenvalue weighted by Crippen LogP contribution is 2.19. The van der Waals surface area contributed by atoms with E-state index in [9.17, 15) is 9.59 Å². The molecular weight excluding hydrogens is 302 g/mol. The molecular formula is C20H27NO3. The number of amides is 1. The van der Waals surface area contributed by atoms with Crippen LogP contribution in [0, 0.1) is 0 Å². The molecule has 0 saturated carbocycles. The van der Waals surface area contributed by atoms with Crippen LogP contribution in [0.1, 0.15) is 61.7 Å². The van der Waals surface area contributed by atoms with Crippen LogP contribution in [0.25, 0.3) is 0 Å². The molecule has 1 aliphatic rings. The van der Waals surface area contributed by atoms with E-state index in [0.717, 1.165) is 12.2 Å². The molecule has 4 heteroatoms. The van der Waals surface area contributed by atoms with Crippen LogP contribution >= 0.6 is 0 Å². The summed E-state index contributed by atoms with van der Waals surface area (Å²) in [6.07, 6.45) is 9.55. The molecule has 2 rings (SSSR count). The number of ketones is 1. The van der Waals surface area contributed by atoms with Crippen molar-refractivity contribution in [2.45, 2.75) is 51.4 Å². The molecule has 0 unspecified atom stereocenters. The van der Waals surface area contributed by atoms with Gasteiger partial charge in [0.1, 0.15) is 5.75 Å². The summed E-state index contributed by atoms with van der Waals surface area (Å²) in [5, 5.41) is 2.95. The highest BCUT2D eigenvalue weighted by molar-refractivity contribution is 5.96. The smallest absolute Gasteiger partial charge is 0.220 e. The van der Waals surface area contributed by atoms with Gasteiger partial charge in [-0.15, -0.1) is 0 Å². The zero-order valence-corrected chi connectivity index (χ0v) is 14.5. The Morgan fingerprint density at radius 2 is 1.92 bits per heavy atom. The number of allylic oxidation sites excluding steroid dienone is 1. The van der Waals surface area contributed by atoms with Gasteiger partial charge < -0.3 is 10.1 Å². The summed E-state index contributed by atoms with van der Waals surface area (Å²) in [6.45, 7) is 0.705. The van der Waals surface area contributed by atoms with Gasteiger partial charge >= 0.3 is 0 Å². The quantitative estimate of drug-likeness (QED) is 0.549. The summed E-state index contributed by atoms with van der Waals surface area (Å²) in [5.41, 5.74) is 2.14. The Morgan fingerprint density at radius 3 is 2.58 bits per heavy atom. The van der Waals surface area contributed by atoms with Crippen molar-refractivity contribution < 1.29 is 14.3 Å². The number of nitrogens with one attached hydrogen (secondary N) is 1. The number of rotatable bonds is 9. The molecule has 0 aliphatic heterocycles. The predicted molar refractivity (Wildman–Crippen MR) is 95.4 cm³/mol. The Balaban J connectivity index is 1.61. The lowest BCUT2D eigenvalue weighted by Gasteiger charge is -2.12. The van der Waals surface area contributed by atoms with Crippen LogP contribution in [0.15, 0.2) is 35.9 Å². The van der Waals surface area contributed by atoms with Gasteiger partial charge in [-0.2, -0.15) is 0 Å². The molecule has 1 aromatic carbocycles. The molecule has 4 nitrogen and oxygen atoms in total. The summed E-state index contributed by atoms with van der Waals surface area (Å²) in [7, 11) is 1.60. The Hall–Kier alpha value is -2.10. The van der Waals surface area contributed by atoms with Crippen molar-refractivity contribution >= 4 is 11.7 Å². The fourth-order valence-corrected chi connectivity index (χ4v) is 2.91. The third-order valence-corrected chi connectivity index (χ3v) is 4.37. The van der Waals surface area contributed by atoms with Gasteiger partial charge in [-0.05, 0) is 62.8 Å². The number of benzene rings is 1. The van der Waals surface area contributed by atoms with E-state index >= 15 is 0 Å². The van der Waals surface area contributed by atoms with Gasteiger partial charge in [0.2, 0.25) is 5.91 Å². The minimum Gasteiger partial charge on any atom is -0.497 e. The number of carbonyl (C=O) groups excluding carboxylic acids is 2. The molecule has 0 bridgehead atoms. The van der Waals surface area contributed by atoms with E-state index in [2.05, 4.69) is 11.4 Å². The number of methoxy groups -OCH3 is 1. The maximum absolute atomic E-state index is 12.1. The van der Waals surface area contributed by atoms with Gasteiger partial charge in [-0.25, -0.2) is 0 Å². The first-order valence-electron chi connectivity index (χ1n) is 8.81. The molecule has 24 heavy (non-hydrogen) atoms. The second kappa shape index (κ2) is 9.91. The van der Waals surface area contributed by atoms with E-state index in [1.165, 1.54) is 31.3 Å². The van der Waals surface area contributed by atoms with Crippen molar-refractivity contribution in [2.24, 2.45) is 0 Å². The van der Waals surface area contributed by atoms with E-state index in [0.29, 0.717) is 31.4 Å². The number of carbonyl (C=O) groups is 2. The van der Waals surface area contributed by atoms with Crippen LogP contribution in [0.3, 0.4) is 0 Å². The molecule has 0 spiro atoms. The molecule has 1 amide bonds. The molecule has 0 atom stereocenters. The van der Waals surface area contributed by atoms with Crippen molar-refractivity contribution in [3.05, 3.63) is 41.5 Å². The number of hydrogen-bond acceptors (Lipinski definition) is 3. The van der Waals surface area contributed by atoms with Crippen LogP contribution in [-0.2, 0) is 4.79 Å². The molecule has 0 fully saturated rings. The average molecular weight is 329 g/mol. The first-order chi connectivity index (χ1) is 11.7. The maximum atomic E-state index is 12.1. The van der Waals surface area contributed by atoms with Crippen LogP contribution in [-0.4, -0.2) is 25.3 Å². The standard InChI is InChI=1S/C20H27NO3/c1-24-18-12-10-17(11-13-18)19(22)8-5-9-20(23)21-15-14-16-6-3-2-4-7-16/h6,10-13H,2-5,7-9,14-15H2,1H3,(H,21,23). The summed E-state index contributed by atoms with van der Waals surface area (Å²) in [4.78, 5) is 23.9.